The number of sulfone groups is 1. The van der Waals surface area contributed by atoms with Gasteiger partial charge in [0.05, 0.1) is 35.6 Å². The van der Waals surface area contributed by atoms with Crippen LogP contribution in [0.1, 0.15) is 101 Å². The predicted molar refractivity (Wildman–Crippen MR) is 320 cm³/mol. The number of aromatic nitrogens is 4. The number of nitrogen functional groups attached to an aromatic ring is 1. The van der Waals surface area contributed by atoms with Crippen molar-refractivity contribution in [3.05, 3.63) is 113 Å². The Morgan fingerprint density at radius 1 is 0.940 bits per heavy atom. The van der Waals surface area contributed by atoms with E-state index in [0.29, 0.717) is 92.4 Å². The highest BCUT2D eigenvalue weighted by atomic mass is 32.2. The number of ether oxygens (including phenoxy) is 3. The second-order valence-electron chi connectivity index (χ2n) is 24.1. The third kappa shape index (κ3) is 12.8. The lowest BCUT2D eigenvalue weighted by Gasteiger charge is -2.37. The van der Waals surface area contributed by atoms with Crippen LogP contribution in [-0.4, -0.2) is 154 Å². The SMILES string of the molecule is CCn1c(-c2cc(-c3ncc(CN4CCS(=O)(=O)CC4)cn3)cnc2[C@H](C)OC)c2c3cc(ccc31)-c1cc(O)cc(c1)C[C@H](NC(=O)[C@H](C(C)C)N(C)C(=O)[C@@H]1OCC[C@@H]1c1ccc(N)cc1)C(=O)N1CCC[C@H](N1)C(=O)OCC(C)(C)C2. The minimum atomic E-state index is -3.02. The fraction of sp³-hybridized carbons (Fsp3) is 0.476. The number of amides is 3. The summed E-state index contributed by atoms with van der Waals surface area (Å²) in [4.78, 5) is 76.7. The van der Waals surface area contributed by atoms with Gasteiger partial charge in [0.25, 0.3) is 11.8 Å². The fourth-order valence-corrected chi connectivity index (χ4v) is 13.7. The van der Waals surface area contributed by atoms with Gasteiger partial charge in [-0.2, -0.15) is 0 Å². The molecule has 6 bridgehead atoms. The van der Waals surface area contributed by atoms with Crippen LogP contribution in [-0.2, 0) is 69.2 Å². The van der Waals surface area contributed by atoms with E-state index in [1.54, 1.807) is 57.0 Å². The minimum Gasteiger partial charge on any atom is -0.508 e. The van der Waals surface area contributed by atoms with Crippen molar-refractivity contribution in [1.29, 1.82) is 0 Å². The van der Waals surface area contributed by atoms with Crippen LogP contribution in [0.25, 0.3) is 44.7 Å². The number of fused-ring (bicyclic) bond motifs is 6. The van der Waals surface area contributed by atoms with E-state index in [-0.39, 0.29) is 54.6 Å². The number of nitrogens with zero attached hydrogens (tertiary/aromatic N) is 7. The zero-order chi connectivity index (χ0) is 59.8. The molecule has 4 aliphatic rings. The quantitative estimate of drug-likeness (QED) is 0.0687. The molecule has 0 spiro atoms. The molecule has 10 rings (SSSR count). The molecule has 3 aromatic heterocycles. The topological polar surface area (TPSA) is 254 Å². The van der Waals surface area contributed by atoms with Crippen LogP contribution >= 0.6 is 0 Å². The Labute approximate surface area is 491 Å². The van der Waals surface area contributed by atoms with E-state index in [1.807, 2.05) is 45.0 Å². The molecular weight excluding hydrogens is 1090 g/mol. The summed E-state index contributed by atoms with van der Waals surface area (Å²) in [6.07, 6.45) is 5.91. The number of nitrogens with two attached hydrogens (primary N) is 1. The third-order valence-corrected chi connectivity index (χ3v) is 18.5. The number of pyridine rings is 1. The Morgan fingerprint density at radius 2 is 1.68 bits per heavy atom. The number of hydrazine groups is 1. The molecule has 446 valence electrons. The van der Waals surface area contributed by atoms with Gasteiger partial charge in [0, 0.05) is 123 Å². The summed E-state index contributed by atoms with van der Waals surface area (Å²) < 4.78 is 44.7. The molecule has 0 radical (unpaired) electrons. The maximum Gasteiger partial charge on any atom is 0.324 e. The van der Waals surface area contributed by atoms with Crippen molar-refractivity contribution >= 4 is 50.1 Å². The average molecular weight is 1170 g/mol. The van der Waals surface area contributed by atoms with Gasteiger partial charge in [0.2, 0.25) is 5.91 Å². The van der Waals surface area contributed by atoms with Crippen molar-refractivity contribution in [3.8, 4) is 39.5 Å². The zero-order valence-electron chi connectivity index (χ0n) is 49.3. The average Bonchev–Trinajstić information content (AvgIpc) is 2.03. The molecule has 7 heterocycles. The maximum absolute atomic E-state index is 15.0. The maximum atomic E-state index is 15.0. The van der Waals surface area contributed by atoms with E-state index in [1.165, 1.54) is 9.91 Å². The summed E-state index contributed by atoms with van der Waals surface area (Å²) in [5.41, 5.74) is 17.8. The first kappa shape index (κ1) is 59.8. The molecule has 3 amide bonds. The van der Waals surface area contributed by atoms with Gasteiger partial charge in [-0.25, -0.2) is 23.8 Å². The monoisotopic (exact) mass is 1170 g/mol. The van der Waals surface area contributed by atoms with Gasteiger partial charge in [-0.3, -0.25) is 34.1 Å². The molecule has 6 atom stereocenters. The number of hydrogen-bond acceptors (Lipinski definition) is 16. The van der Waals surface area contributed by atoms with E-state index in [2.05, 4.69) is 59.2 Å². The smallest absolute Gasteiger partial charge is 0.324 e. The first-order valence-electron chi connectivity index (χ1n) is 29.1. The molecular formula is C63H78N10O10S. The van der Waals surface area contributed by atoms with Gasteiger partial charge in [-0.1, -0.05) is 52.0 Å². The second kappa shape index (κ2) is 24.7. The number of methoxy groups -OCH3 is 1. The number of anilines is 1. The largest absolute Gasteiger partial charge is 0.508 e. The van der Waals surface area contributed by atoms with Gasteiger partial charge in [0.15, 0.2) is 15.7 Å². The van der Waals surface area contributed by atoms with Gasteiger partial charge in [0.1, 0.15) is 30.0 Å². The zero-order valence-corrected chi connectivity index (χ0v) is 50.1. The lowest BCUT2D eigenvalue weighted by atomic mass is 9.84. The summed E-state index contributed by atoms with van der Waals surface area (Å²) in [7, 11) is 0.211. The lowest BCUT2D eigenvalue weighted by molar-refractivity contribution is -0.155. The Balaban J connectivity index is 1.03. The number of benzene rings is 3. The Morgan fingerprint density at radius 3 is 2.38 bits per heavy atom. The van der Waals surface area contributed by atoms with Crippen LogP contribution in [0.15, 0.2) is 85.3 Å². The minimum absolute atomic E-state index is 0.0347. The second-order valence-corrected chi connectivity index (χ2v) is 26.4. The van der Waals surface area contributed by atoms with Crippen LogP contribution in [0, 0.1) is 11.3 Å². The standard InChI is InChI=1S/C63H78N10O10S/c1-9-72-53-17-14-42-29-48(53)50(56(72)49-30-44(34-65-54(49)38(4)81-8)58-66-32-40(33-67-58)35-71-20-23-84(79,80)24-21-71)31-63(5,6)36-83-62(78)51-11-10-19-73(69-51)60(76)52(27-39-25-43(42)28-46(74)26-39)68-59(75)55(37(2)3)70(7)61(77)57-47(18-22-82-57)41-12-15-45(64)16-13-41/h12-17,25-26,28-30,32-34,37-38,47,51-52,55,57,69,74H,9-11,18-24,27,31,35-36,64H2,1-8H3,(H,68,75)/t38-,47+,51-,52-,55-,57+/m0/s1. The van der Waals surface area contributed by atoms with E-state index in [9.17, 15) is 32.7 Å². The van der Waals surface area contributed by atoms with Crippen LogP contribution in [0.2, 0.25) is 0 Å². The highest BCUT2D eigenvalue weighted by Gasteiger charge is 2.43. The molecule has 5 N–H and O–H groups in total. The summed E-state index contributed by atoms with van der Waals surface area (Å²) >= 11 is 0. The summed E-state index contributed by atoms with van der Waals surface area (Å²) in [5.74, 6) is -1.89. The number of phenols is 1. The van der Waals surface area contributed by atoms with E-state index in [4.69, 9.17) is 34.9 Å². The highest BCUT2D eigenvalue weighted by molar-refractivity contribution is 7.91. The molecule has 4 aliphatic heterocycles. The molecule has 0 aliphatic carbocycles. The van der Waals surface area contributed by atoms with E-state index < -0.39 is 63.4 Å². The number of likely N-dealkylation sites (N-methyl/N-ethyl adjacent to an activating group) is 1. The normalized spacial score (nSPS) is 21.8. The van der Waals surface area contributed by atoms with Crippen molar-refractivity contribution < 1.29 is 46.9 Å². The number of rotatable bonds is 13. The Kier molecular flexibility index (Phi) is 17.6. The number of phenolic OH excluding ortho intramolecular Hbond substituents is 1. The van der Waals surface area contributed by atoms with Crippen molar-refractivity contribution in [2.75, 3.05) is 64.2 Å². The van der Waals surface area contributed by atoms with E-state index in [0.717, 1.165) is 44.4 Å². The van der Waals surface area contributed by atoms with Crippen LogP contribution in [0.4, 0.5) is 5.69 Å². The predicted octanol–water partition coefficient (Wildman–Crippen LogP) is 6.78. The Hall–Kier alpha value is -7.30. The first-order chi connectivity index (χ1) is 40.1. The lowest BCUT2D eigenvalue weighted by Crippen LogP contribution is -2.62. The van der Waals surface area contributed by atoms with Crippen molar-refractivity contribution in [2.45, 2.75) is 123 Å². The molecule has 20 nitrogen and oxygen atoms in total. The molecule has 21 heteroatoms. The molecule has 0 unspecified atom stereocenters. The van der Waals surface area contributed by atoms with Gasteiger partial charge >= 0.3 is 5.97 Å². The van der Waals surface area contributed by atoms with Crippen LogP contribution in [0.5, 0.6) is 5.75 Å². The van der Waals surface area contributed by atoms with Crippen LogP contribution in [0.3, 0.4) is 0 Å². The fourth-order valence-electron chi connectivity index (χ4n) is 12.4. The summed E-state index contributed by atoms with van der Waals surface area (Å²) in [6.45, 7) is 14.5. The number of nitrogens with one attached hydrogen (secondary N) is 2. The number of aryl methyl sites for hydroxylation is 1. The third-order valence-electron chi connectivity index (χ3n) is 16.9. The molecule has 3 saturated heterocycles. The van der Waals surface area contributed by atoms with Crippen molar-refractivity contribution in [3.63, 3.8) is 0 Å². The highest BCUT2D eigenvalue weighted by Crippen LogP contribution is 2.43. The summed E-state index contributed by atoms with van der Waals surface area (Å²) in [6, 6.07) is 17.7. The number of hydrogen-bond donors (Lipinski definition) is 4. The number of carbonyl (C=O) groups excluding carboxylic acids is 4. The van der Waals surface area contributed by atoms with Gasteiger partial charge < -0.3 is 39.8 Å². The van der Waals surface area contributed by atoms with Crippen molar-refractivity contribution in [1.82, 2.24) is 45.1 Å². The first-order valence-corrected chi connectivity index (χ1v) is 31.0. The number of carbonyl (C=O) groups is 4. The number of aromatic hydroxyl groups is 1. The Bertz CT molecular complexity index is 3540. The van der Waals surface area contributed by atoms with Gasteiger partial charge in [-0.05, 0) is 116 Å². The summed E-state index contributed by atoms with van der Waals surface area (Å²) in [5, 5.41) is 16.9. The molecule has 84 heavy (non-hydrogen) atoms. The van der Waals surface area contributed by atoms with Crippen molar-refractivity contribution in [2.24, 2.45) is 11.3 Å². The molecule has 3 fully saturated rings. The number of esters is 1. The van der Waals surface area contributed by atoms with Gasteiger partial charge in [-0.15, -0.1) is 0 Å². The molecule has 0 saturated carbocycles. The van der Waals surface area contributed by atoms with E-state index >= 15 is 0 Å². The molecule has 6 aromatic rings. The van der Waals surface area contributed by atoms with Crippen LogP contribution < -0.4 is 16.5 Å². The number of cyclic esters (lactones) is 1. The molecule has 3 aromatic carbocycles.